The molecule has 2 aromatic carbocycles. The summed E-state index contributed by atoms with van der Waals surface area (Å²) in [5.74, 6) is -1.26. The number of aromatic amines is 1. The number of benzene rings is 2. The van der Waals surface area contributed by atoms with E-state index in [1.807, 2.05) is 26.0 Å². The molecule has 3 heterocycles. The van der Waals surface area contributed by atoms with Crippen molar-refractivity contribution in [2.24, 2.45) is 11.8 Å². The molecule has 0 unspecified atom stereocenters. The summed E-state index contributed by atoms with van der Waals surface area (Å²) in [7, 11) is 1.56. The van der Waals surface area contributed by atoms with Gasteiger partial charge in [-0.2, -0.15) is 0 Å². The lowest BCUT2D eigenvalue weighted by Crippen LogP contribution is -2.52. The van der Waals surface area contributed by atoms with Crippen molar-refractivity contribution in [3.8, 4) is 5.75 Å². The number of nitrogens with one attached hydrogen (secondary N) is 4. The van der Waals surface area contributed by atoms with Crippen LogP contribution in [-0.4, -0.2) is 59.2 Å². The molecule has 10 nitrogen and oxygen atoms in total. The predicted molar refractivity (Wildman–Crippen MR) is 162 cm³/mol. The molecule has 5 rings (SSSR count). The van der Waals surface area contributed by atoms with E-state index in [0.717, 1.165) is 15.6 Å². The molecule has 1 fully saturated rings. The van der Waals surface area contributed by atoms with Gasteiger partial charge in [0.25, 0.3) is 5.91 Å². The summed E-state index contributed by atoms with van der Waals surface area (Å²) >= 11 is 7.31. The fourth-order valence-corrected chi connectivity index (χ4v) is 6.29. The van der Waals surface area contributed by atoms with Crippen LogP contribution in [0.3, 0.4) is 0 Å². The van der Waals surface area contributed by atoms with Gasteiger partial charge in [0, 0.05) is 28.4 Å². The number of Topliss-reactive ketones (excluding diaryl/α,β-unsaturated/α-hetero) is 1. The highest BCUT2D eigenvalue weighted by Gasteiger charge is 2.35. The van der Waals surface area contributed by atoms with Gasteiger partial charge in [0.2, 0.25) is 17.6 Å². The standard InChI is InChI=1S/C30H32ClN5O5S/c1-15(2)11-22(35-29(40)23-14-18-19(33-23)5-4-6-24(18)41-3)28(39)34-21(12-16-9-10-32-27(16)38)26(37)30-36-20-13-17(31)7-8-25(20)42-30/h4-8,13-16,21-22,33H,9-12H2,1-3H3,(H,32,38)(H,34,39)(H,35,40)/t16-,21-,22-/m0/s1. The Kier molecular flexibility index (Phi) is 8.79. The minimum atomic E-state index is -1.01. The maximum atomic E-state index is 13.7. The Morgan fingerprint density at radius 3 is 2.67 bits per heavy atom. The molecule has 1 aliphatic rings. The maximum Gasteiger partial charge on any atom is 0.268 e. The van der Waals surface area contributed by atoms with E-state index in [2.05, 4.69) is 25.9 Å². The molecule has 1 saturated heterocycles. The van der Waals surface area contributed by atoms with Crippen LogP contribution < -0.4 is 20.7 Å². The molecule has 3 amide bonds. The van der Waals surface area contributed by atoms with E-state index in [1.54, 1.807) is 37.4 Å². The average Bonchev–Trinajstić information content (AvgIpc) is 3.69. The first-order valence-corrected chi connectivity index (χ1v) is 15.0. The highest BCUT2D eigenvalue weighted by Crippen LogP contribution is 2.28. The van der Waals surface area contributed by atoms with E-state index in [1.165, 1.54) is 11.3 Å². The second-order valence-corrected chi connectivity index (χ2v) is 12.3. The van der Waals surface area contributed by atoms with Crippen molar-refractivity contribution in [2.45, 2.75) is 45.2 Å². The third kappa shape index (κ3) is 6.42. The number of ketones is 1. The van der Waals surface area contributed by atoms with E-state index in [9.17, 15) is 19.2 Å². The van der Waals surface area contributed by atoms with Gasteiger partial charge in [-0.05, 0) is 61.6 Å². The summed E-state index contributed by atoms with van der Waals surface area (Å²) in [5, 5.41) is 9.93. The normalized spacial score (nSPS) is 16.4. The van der Waals surface area contributed by atoms with Gasteiger partial charge in [-0.25, -0.2) is 4.98 Å². The zero-order chi connectivity index (χ0) is 30.0. The number of ether oxygens (including phenoxy) is 1. The number of aromatic nitrogens is 2. The Labute approximate surface area is 251 Å². The van der Waals surface area contributed by atoms with Crippen LogP contribution in [-0.2, 0) is 9.59 Å². The van der Waals surface area contributed by atoms with Crippen LogP contribution in [0.15, 0.2) is 42.5 Å². The zero-order valence-electron chi connectivity index (χ0n) is 23.5. The molecule has 0 spiro atoms. The first-order chi connectivity index (χ1) is 20.1. The number of methoxy groups -OCH3 is 1. The molecule has 0 aliphatic carbocycles. The topological polar surface area (TPSA) is 142 Å². The summed E-state index contributed by atoms with van der Waals surface area (Å²) in [6.07, 6.45) is 1.02. The molecular weight excluding hydrogens is 578 g/mol. The molecule has 4 aromatic rings. The van der Waals surface area contributed by atoms with Gasteiger partial charge in [0.15, 0.2) is 5.01 Å². The molecule has 0 saturated carbocycles. The van der Waals surface area contributed by atoms with Crippen LogP contribution in [0.4, 0.5) is 0 Å². The quantitative estimate of drug-likeness (QED) is 0.185. The Bertz CT molecular complexity index is 1660. The van der Waals surface area contributed by atoms with Crippen molar-refractivity contribution < 1.29 is 23.9 Å². The summed E-state index contributed by atoms with van der Waals surface area (Å²) in [5.41, 5.74) is 1.58. The van der Waals surface area contributed by atoms with Gasteiger partial charge in [-0.15, -0.1) is 11.3 Å². The van der Waals surface area contributed by atoms with E-state index in [-0.39, 0.29) is 28.9 Å². The average molecular weight is 610 g/mol. The van der Waals surface area contributed by atoms with Crippen LogP contribution in [0.25, 0.3) is 21.1 Å². The van der Waals surface area contributed by atoms with E-state index in [0.29, 0.717) is 35.7 Å². The van der Waals surface area contributed by atoms with Crippen molar-refractivity contribution >= 4 is 67.6 Å². The van der Waals surface area contributed by atoms with Crippen LogP contribution in [0, 0.1) is 11.8 Å². The predicted octanol–water partition coefficient (Wildman–Crippen LogP) is 4.48. The largest absolute Gasteiger partial charge is 0.496 e. The molecule has 0 radical (unpaired) electrons. The second kappa shape index (κ2) is 12.5. The van der Waals surface area contributed by atoms with Crippen LogP contribution >= 0.6 is 22.9 Å². The minimum absolute atomic E-state index is 0.0626. The number of thiazole rings is 1. The van der Waals surface area contributed by atoms with Gasteiger partial charge >= 0.3 is 0 Å². The SMILES string of the molecule is COc1cccc2[nH]c(C(=O)N[C@@H](CC(C)C)C(=O)N[C@@H](C[C@@H]3CCNC3=O)C(=O)c3nc4cc(Cl)ccc4s3)cc12. The highest BCUT2D eigenvalue weighted by molar-refractivity contribution is 7.20. The van der Waals surface area contributed by atoms with Crippen molar-refractivity contribution in [1.29, 1.82) is 0 Å². The third-order valence-corrected chi connectivity index (χ3v) is 8.58. The number of carbonyl (C=O) groups is 4. The maximum absolute atomic E-state index is 13.7. The fraction of sp³-hybridized carbons (Fsp3) is 0.367. The number of halogens is 1. The first kappa shape index (κ1) is 29.5. The molecule has 42 heavy (non-hydrogen) atoms. The molecule has 220 valence electrons. The Morgan fingerprint density at radius 2 is 1.95 bits per heavy atom. The Balaban J connectivity index is 1.38. The smallest absolute Gasteiger partial charge is 0.268 e. The molecule has 0 bridgehead atoms. The second-order valence-electron chi connectivity index (χ2n) is 10.8. The van der Waals surface area contributed by atoms with Gasteiger partial charge in [0.1, 0.15) is 17.5 Å². The number of nitrogens with zero attached hydrogens (tertiary/aromatic N) is 1. The van der Waals surface area contributed by atoms with E-state index in [4.69, 9.17) is 16.3 Å². The van der Waals surface area contributed by atoms with Crippen LogP contribution in [0.2, 0.25) is 5.02 Å². The number of amides is 3. The lowest BCUT2D eigenvalue weighted by atomic mass is 9.95. The first-order valence-electron chi connectivity index (χ1n) is 13.8. The van der Waals surface area contributed by atoms with Gasteiger partial charge in [-0.1, -0.05) is 31.5 Å². The van der Waals surface area contributed by atoms with Crippen molar-refractivity contribution in [3.05, 3.63) is 58.2 Å². The third-order valence-electron chi connectivity index (χ3n) is 7.29. The summed E-state index contributed by atoms with van der Waals surface area (Å²) in [6.45, 7) is 4.40. The van der Waals surface area contributed by atoms with Gasteiger partial charge in [0.05, 0.1) is 23.4 Å². The molecule has 3 atom stereocenters. The minimum Gasteiger partial charge on any atom is -0.496 e. The highest BCUT2D eigenvalue weighted by atomic mass is 35.5. The number of rotatable bonds is 11. The summed E-state index contributed by atoms with van der Waals surface area (Å²) in [4.78, 5) is 60.7. The lowest BCUT2D eigenvalue weighted by molar-refractivity contribution is -0.125. The molecule has 1 aliphatic heterocycles. The molecular formula is C30H32ClN5O5S. The van der Waals surface area contributed by atoms with Crippen molar-refractivity contribution in [2.75, 3.05) is 13.7 Å². The monoisotopic (exact) mass is 609 g/mol. The van der Waals surface area contributed by atoms with E-state index < -0.39 is 35.6 Å². The molecule has 2 aromatic heterocycles. The van der Waals surface area contributed by atoms with Crippen molar-refractivity contribution in [1.82, 2.24) is 25.9 Å². The Hall–Kier alpha value is -3.96. The molecule has 4 N–H and O–H groups in total. The summed E-state index contributed by atoms with van der Waals surface area (Å²) in [6, 6.07) is 10.4. The van der Waals surface area contributed by atoms with Crippen LogP contribution in [0.1, 0.15) is 53.4 Å². The van der Waals surface area contributed by atoms with Crippen LogP contribution in [0.5, 0.6) is 5.75 Å². The number of hydrogen-bond acceptors (Lipinski definition) is 7. The number of fused-ring (bicyclic) bond motifs is 2. The molecule has 12 heteroatoms. The lowest BCUT2D eigenvalue weighted by Gasteiger charge is -2.24. The van der Waals surface area contributed by atoms with Gasteiger partial charge < -0.3 is 25.7 Å². The zero-order valence-corrected chi connectivity index (χ0v) is 25.0. The summed E-state index contributed by atoms with van der Waals surface area (Å²) < 4.78 is 6.18. The number of hydrogen-bond donors (Lipinski definition) is 4. The Morgan fingerprint density at radius 1 is 1.14 bits per heavy atom. The number of H-pyrrole nitrogens is 1. The number of carbonyl (C=O) groups excluding carboxylic acids is 4. The van der Waals surface area contributed by atoms with E-state index >= 15 is 0 Å². The van der Waals surface area contributed by atoms with Gasteiger partial charge in [-0.3, -0.25) is 19.2 Å². The fourth-order valence-electron chi connectivity index (χ4n) is 5.18. The van der Waals surface area contributed by atoms with Crippen molar-refractivity contribution in [3.63, 3.8) is 0 Å².